The molecule has 7 nitrogen and oxygen atoms in total. The Hall–Kier alpha value is -2.28. The Bertz CT molecular complexity index is 518. The van der Waals surface area contributed by atoms with E-state index in [9.17, 15) is 9.59 Å². The van der Waals surface area contributed by atoms with Crippen LogP contribution in [0.15, 0.2) is 18.2 Å². The molecule has 0 aliphatic carbocycles. The van der Waals surface area contributed by atoms with Crippen LogP contribution in [0.5, 0.6) is 11.5 Å². The summed E-state index contributed by atoms with van der Waals surface area (Å²) in [6.45, 7) is 1.24. The van der Waals surface area contributed by atoms with Gasteiger partial charge in [0.1, 0.15) is 6.42 Å². The van der Waals surface area contributed by atoms with E-state index in [0.717, 1.165) is 0 Å². The molecule has 1 aliphatic rings. The molecule has 7 heteroatoms. The minimum absolute atomic E-state index is 0.177. The summed E-state index contributed by atoms with van der Waals surface area (Å²) >= 11 is 0. The van der Waals surface area contributed by atoms with Crippen molar-refractivity contribution in [2.75, 3.05) is 32.4 Å². The van der Waals surface area contributed by atoms with E-state index < -0.39 is 0 Å². The molecule has 1 aromatic carbocycles. The van der Waals surface area contributed by atoms with Crippen molar-refractivity contribution in [3.05, 3.63) is 18.2 Å². The summed E-state index contributed by atoms with van der Waals surface area (Å²) in [7, 11) is 1.60. The molecule has 0 atom stereocenters. The quantitative estimate of drug-likeness (QED) is 0.576. The number of methoxy groups -OCH3 is 1. The van der Waals surface area contributed by atoms with Gasteiger partial charge in [-0.2, -0.15) is 0 Å². The number of carbonyl (C=O) groups is 2. The van der Waals surface area contributed by atoms with Crippen LogP contribution in [0.3, 0.4) is 0 Å². The second-order valence-electron chi connectivity index (χ2n) is 4.49. The van der Waals surface area contributed by atoms with E-state index in [2.05, 4.69) is 10.6 Å². The molecule has 2 rings (SSSR count). The normalized spacial score (nSPS) is 12.0. The van der Waals surface area contributed by atoms with Gasteiger partial charge >= 0.3 is 0 Å². The molecule has 0 unspecified atom stereocenters. The van der Waals surface area contributed by atoms with Gasteiger partial charge in [0, 0.05) is 32.0 Å². The van der Waals surface area contributed by atoms with E-state index in [1.54, 1.807) is 25.3 Å². The Kier molecular flexibility index (Phi) is 5.39. The van der Waals surface area contributed by atoms with Crippen LogP contribution >= 0.6 is 0 Å². The van der Waals surface area contributed by atoms with Crippen molar-refractivity contribution in [1.29, 1.82) is 0 Å². The summed E-state index contributed by atoms with van der Waals surface area (Å²) in [5, 5.41) is 5.30. The summed E-state index contributed by atoms with van der Waals surface area (Å²) in [4.78, 5) is 23.3. The Morgan fingerprint density at radius 1 is 1.24 bits per heavy atom. The molecule has 21 heavy (non-hydrogen) atoms. The highest BCUT2D eigenvalue weighted by molar-refractivity contribution is 6.03. The highest BCUT2D eigenvalue weighted by atomic mass is 16.7. The predicted octanol–water partition coefficient (Wildman–Crippen LogP) is 0.897. The van der Waals surface area contributed by atoms with Gasteiger partial charge in [0.15, 0.2) is 11.5 Å². The lowest BCUT2D eigenvalue weighted by molar-refractivity contribution is -0.126. The molecule has 0 bridgehead atoms. The molecular formula is C14H18N2O5. The number of rotatable bonds is 7. The standard InChI is InChI=1S/C14H18N2O5/c1-19-6-2-5-15-13(17)8-14(18)16-10-3-4-11-12(7-10)21-9-20-11/h3-4,7H,2,5-6,8-9H2,1H3,(H,15,17)(H,16,18). The van der Waals surface area contributed by atoms with Gasteiger partial charge in [-0.3, -0.25) is 9.59 Å². The van der Waals surface area contributed by atoms with E-state index in [4.69, 9.17) is 14.2 Å². The maximum atomic E-state index is 11.7. The van der Waals surface area contributed by atoms with E-state index in [1.165, 1.54) is 0 Å². The van der Waals surface area contributed by atoms with E-state index >= 15 is 0 Å². The SMILES string of the molecule is COCCCNC(=O)CC(=O)Nc1ccc2c(c1)OCO2. The number of hydrogen-bond acceptors (Lipinski definition) is 5. The van der Waals surface area contributed by atoms with Crippen molar-refractivity contribution in [2.45, 2.75) is 12.8 Å². The zero-order valence-electron chi connectivity index (χ0n) is 11.8. The summed E-state index contributed by atoms with van der Waals surface area (Å²) < 4.78 is 15.3. The Morgan fingerprint density at radius 3 is 2.86 bits per heavy atom. The van der Waals surface area contributed by atoms with Crippen LogP contribution in [0.1, 0.15) is 12.8 Å². The smallest absolute Gasteiger partial charge is 0.233 e. The summed E-state index contributed by atoms with van der Waals surface area (Å²) in [5.74, 6) is 0.531. The molecule has 0 fully saturated rings. The molecule has 114 valence electrons. The largest absolute Gasteiger partial charge is 0.454 e. The van der Waals surface area contributed by atoms with Crippen LogP contribution in [-0.4, -0.2) is 38.9 Å². The van der Waals surface area contributed by atoms with Crippen molar-refractivity contribution in [3.63, 3.8) is 0 Å². The topological polar surface area (TPSA) is 85.9 Å². The first-order chi connectivity index (χ1) is 10.2. The van der Waals surface area contributed by atoms with Crippen LogP contribution < -0.4 is 20.1 Å². The van der Waals surface area contributed by atoms with Gasteiger partial charge in [0.25, 0.3) is 0 Å². The first-order valence-corrected chi connectivity index (χ1v) is 6.64. The van der Waals surface area contributed by atoms with Crippen molar-refractivity contribution in [1.82, 2.24) is 5.32 Å². The lowest BCUT2D eigenvalue weighted by Crippen LogP contribution is -2.29. The predicted molar refractivity (Wildman–Crippen MR) is 75.3 cm³/mol. The summed E-state index contributed by atoms with van der Waals surface area (Å²) in [5.41, 5.74) is 0.566. The Labute approximate surface area is 122 Å². The lowest BCUT2D eigenvalue weighted by atomic mass is 10.2. The van der Waals surface area contributed by atoms with Crippen LogP contribution in [0, 0.1) is 0 Å². The molecule has 1 aliphatic heterocycles. The maximum Gasteiger partial charge on any atom is 0.233 e. The lowest BCUT2D eigenvalue weighted by Gasteiger charge is -2.07. The second-order valence-corrected chi connectivity index (χ2v) is 4.49. The fourth-order valence-electron chi connectivity index (χ4n) is 1.83. The molecular weight excluding hydrogens is 276 g/mol. The molecule has 0 aromatic heterocycles. The summed E-state index contributed by atoms with van der Waals surface area (Å²) in [6.07, 6.45) is 0.493. The van der Waals surface area contributed by atoms with Gasteiger partial charge in [-0.25, -0.2) is 0 Å². The van der Waals surface area contributed by atoms with Crippen LogP contribution in [0.2, 0.25) is 0 Å². The molecule has 1 heterocycles. The third kappa shape index (κ3) is 4.64. The monoisotopic (exact) mass is 294 g/mol. The Morgan fingerprint density at radius 2 is 2.05 bits per heavy atom. The fourth-order valence-corrected chi connectivity index (χ4v) is 1.83. The van der Waals surface area contributed by atoms with Crippen molar-refractivity contribution in [3.8, 4) is 11.5 Å². The number of amides is 2. The molecule has 0 spiro atoms. The van der Waals surface area contributed by atoms with E-state index in [1.807, 2.05) is 0 Å². The van der Waals surface area contributed by atoms with Gasteiger partial charge in [-0.1, -0.05) is 0 Å². The highest BCUT2D eigenvalue weighted by Gasteiger charge is 2.15. The molecule has 0 saturated carbocycles. The van der Waals surface area contributed by atoms with Crippen LogP contribution in [-0.2, 0) is 14.3 Å². The van der Waals surface area contributed by atoms with Crippen molar-refractivity contribution in [2.24, 2.45) is 0 Å². The number of carbonyl (C=O) groups excluding carboxylic acids is 2. The molecule has 2 N–H and O–H groups in total. The molecule has 0 saturated heterocycles. The zero-order chi connectivity index (χ0) is 15.1. The minimum Gasteiger partial charge on any atom is -0.454 e. The second kappa shape index (κ2) is 7.49. The fraction of sp³-hybridized carbons (Fsp3) is 0.429. The highest BCUT2D eigenvalue weighted by Crippen LogP contribution is 2.34. The number of hydrogen-bond donors (Lipinski definition) is 2. The van der Waals surface area contributed by atoms with Gasteiger partial charge in [-0.15, -0.1) is 0 Å². The molecule has 0 radical (unpaired) electrons. The average molecular weight is 294 g/mol. The number of ether oxygens (including phenoxy) is 3. The van der Waals surface area contributed by atoms with E-state index in [0.29, 0.717) is 36.8 Å². The summed E-state index contributed by atoms with van der Waals surface area (Å²) in [6, 6.07) is 5.07. The van der Waals surface area contributed by atoms with Gasteiger partial charge in [-0.05, 0) is 18.6 Å². The van der Waals surface area contributed by atoms with Gasteiger partial charge in [0.05, 0.1) is 0 Å². The third-order valence-corrected chi connectivity index (χ3v) is 2.82. The Balaban J connectivity index is 1.75. The average Bonchev–Trinajstić information content (AvgIpc) is 2.91. The van der Waals surface area contributed by atoms with Crippen molar-refractivity contribution < 1.29 is 23.8 Å². The molecule has 2 amide bonds. The van der Waals surface area contributed by atoms with Crippen LogP contribution in [0.25, 0.3) is 0 Å². The van der Waals surface area contributed by atoms with E-state index in [-0.39, 0.29) is 25.0 Å². The maximum absolute atomic E-state index is 11.7. The third-order valence-electron chi connectivity index (χ3n) is 2.82. The number of anilines is 1. The number of benzene rings is 1. The first-order valence-electron chi connectivity index (χ1n) is 6.64. The minimum atomic E-state index is -0.377. The molecule has 1 aromatic rings. The van der Waals surface area contributed by atoms with Crippen LogP contribution in [0.4, 0.5) is 5.69 Å². The number of nitrogens with one attached hydrogen (secondary N) is 2. The van der Waals surface area contributed by atoms with Gasteiger partial charge < -0.3 is 24.8 Å². The van der Waals surface area contributed by atoms with Crippen molar-refractivity contribution >= 4 is 17.5 Å². The van der Waals surface area contributed by atoms with Gasteiger partial charge in [0.2, 0.25) is 18.6 Å². The number of fused-ring (bicyclic) bond motifs is 1. The zero-order valence-corrected chi connectivity index (χ0v) is 11.8. The first kappa shape index (κ1) is 15.1.